The number of furan rings is 1. The zero-order valence-corrected chi connectivity index (χ0v) is 21.9. The van der Waals surface area contributed by atoms with E-state index in [1.165, 1.54) is 6.07 Å². The minimum absolute atomic E-state index is 0.0493. The first-order valence-electron chi connectivity index (χ1n) is 12.6. The SMILES string of the molecule is COCCN(CCC(=O)N1CCN(c2ccccc2F)CC1)c1nc(-c2ccco2)nc2cc(Cl)ccc12. The highest BCUT2D eigenvalue weighted by molar-refractivity contribution is 6.31. The van der Waals surface area contributed by atoms with E-state index < -0.39 is 0 Å². The van der Waals surface area contributed by atoms with Crippen LogP contribution in [0.4, 0.5) is 15.9 Å². The van der Waals surface area contributed by atoms with Crippen LogP contribution in [-0.2, 0) is 9.53 Å². The van der Waals surface area contributed by atoms with Gasteiger partial charge in [-0.1, -0.05) is 23.7 Å². The number of hydrogen-bond acceptors (Lipinski definition) is 7. The molecule has 2 aromatic heterocycles. The van der Waals surface area contributed by atoms with Crippen LogP contribution in [0.5, 0.6) is 0 Å². The fourth-order valence-corrected chi connectivity index (χ4v) is 4.83. The van der Waals surface area contributed by atoms with E-state index in [9.17, 15) is 9.18 Å². The second-order valence-electron chi connectivity index (χ2n) is 9.06. The molecular weight excluding hydrogens is 509 g/mol. The molecule has 5 rings (SSSR count). The van der Waals surface area contributed by atoms with Gasteiger partial charge in [0.1, 0.15) is 11.6 Å². The van der Waals surface area contributed by atoms with Crippen LogP contribution >= 0.6 is 11.6 Å². The Balaban J connectivity index is 1.32. The Morgan fingerprint density at radius 1 is 1.08 bits per heavy atom. The highest BCUT2D eigenvalue weighted by atomic mass is 35.5. The van der Waals surface area contributed by atoms with Crippen LogP contribution in [0, 0.1) is 5.82 Å². The van der Waals surface area contributed by atoms with Crippen molar-refractivity contribution < 1.29 is 18.3 Å². The Hall–Kier alpha value is -3.69. The van der Waals surface area contributed by atoms with Crippen LogP contribution in [0.15, 0.2) is 65.3 Å². The molecular formula is C28H29ClFN5O3. The normalized spacial score (nSPS) is 13.8. The van der Waals surface area contributed by atoms with Gasteiger partial charge in [-0.2, -0.15) is 0 Å². The van der Waals surface area contributed by atoms with Crippen molar-refractivity contribution in [3.63, 3.8) is 0 Å². The molecule has 1 aliphatic rings. The number of methoxy groups -OCH3 is 1. The van der Waals surface area contributed by atoms with Gasteiger partial charge >= 0.3 is 0 Å². The average molecular weight is 538 g/mol. The summed E-state index contributed by atoms with van der Waals surface area (Å²) in [5.41, 5.74) is 1.26. The number of amides is 1. The van der Waals surface area contributed by atoms with Crippen molar-refractivity contribution >= 4 is 39.9 Å². The molecule has 198 valence electrons. The summed E-state index contributed by atoms with van der Waals surface area (Å²) in [4.78, 5) is 28.5. The van der Waals surface area contributed by atoms with E-state index in [1.54, 1.807) is 49.8 Å². The van der Waals surface area contributed by atoms with Gasteiger partial charge in [0.05, 0.1) is 24.1 Å². The van der Waals surface area contributed by atoms with E-state index in [0.717, 1.165) is 5.39 Å². The van der Waals surface area contributed by atoms with Gasteiger partial charge in [-0.3, -0.25) is 4.79 Å². The largest absolute Gasteiger partial charge is 0.461 e. The number of rotatable bonds is 9. The average Bonchev–Trinajstić information content (AvgIpc) is 3.48. The molecule has 0 N–H and O–H groups in total. The number of benzene rings is 2. The molecule has 2 aromatic carbocycles. The first kappa shape index (κ1) is 25.9. The van der Waals surface area contributed by atoms with Crippen molar-refractivity contribution in [1.82, 2.24) is 14.9 Å². The van der Waals surface area contributed by atoms with Crippen LogP contribution in [0.1, 0.15) is 6.42 Å². The second kappa shape index (κ2) is 11.8. The number of halogens is 2. The minimum atomic E-state index is -0.242. The molecule has 3 heterocycles. The molecule has 1 amide bonds. The zero-order chi connectivity index (χ0) is 26.5. The van der Waals surface area contributed by atoms with Crippen LogP contribution in [0.3, 0.4) is 0 Å². The van der Waals surface area contributed by atoms with E-state index in [-0.39, 0.29) is 11.7 Å². The quantitative estimate of drug-likeness (QED) is 0.301. The van der Waals surface area contributed by atoms with Gasteiger partial charge in [0.15, 0.2) is 11.6 Å². The number of carbonyl (C=O) groups excluding carboxylic acids is 1. The summed E-state index contributed by atoms with van der Waals surface area (Å²) in [6.07, 6.45) is 1.88. The maximum atomic E-state index is 14.2. The Labute approximate surface area is 225 Å². The standard InChI is InChI=1S/C28H29ClFN5O3/c1-37-18-16-35(11-10-26(36)34-14-12-33(13-15-34)24-6-3-2-5-22(24)30)28-21-9-8-20(29)19-23(21)31-27(32-28)25-7-4-17-38-25/h2-9,17,19H,10-16,18H2,1H3. The molecule has 0 radical (unpaired) electrons. The first-order chi connectivity index (χ1) is 18.5. The summed E-state index contributed by atoms with van der Waals surface area (Å²) in [5, 5.41) is 1.40. The van der Waals surface area contributed by atoms with Crippen molar-refractivity contribution in [3.8, 4) is 11.6 Å². The molecule has 0 aliphatic carbocycles. The van der Waals surface area contributed by atoms with Crippen LogP contribution < -0.4 is 9.80 Å². The Kier molecular flexibility index (Phi) is 8.05. The van der Waals surface area contributed by atoms with Crippen LogP contribution in [0.25, 0.3) is 22.5 Å². The molecule has 0 atom stereocenters. The number of nitrogens with zero attached hydrogens (tertiary/aromatic N) is 5. The van der Waals surface area contributed by atoms with E-state index in [0.29, 0.717) is 85.9 Å². The second-order valence-corrected chi connectivity index (χ2v) is 9.50. The summed E-state index contributed by atoms with van der Waals surface area (Å²) in [7, 11) is 1.64. The van der Waals surface area contributed by atoms with Gasteiger partial charge in [-0.15, -0.1) is 0 Å². The van der Waals surface area contributed by atoms with E-state index >= 15 is 0 Å². The lowest BCUT2D eigenvalue weighted by molar-refractivity contribution is -0.131. The molecule has 0 unspecified atom stereocenters. The van der Waals surface area contributed by atoms with Gasteiger partial charge in [-0.05, 0) is 42.5 Å². The van der Waals surface area contributed by atoms with Gasteiger partial charge < -0.3 is 23.9 Å². The fourth-order valence-electron chi connectivity index (χ4n) is 4.66. The van der Waals surface area contributed by atoms with Crippen molar-refractivity contribution in [2.45, 2.75) is 6.42 Å². The van der Waals surface area contributed by atoms with Gasteiger partial charge in [-0.25, -0.2) is 14.4 Å². The molecule has 8 nitrogen and oxygen atoms in total. The Morgan fingerprint density at radius 2 is 1.89 bits per heavy atom. The van der Waals surface area contributed by atoms with Crippen molar-refractivity contribution in [1.29, 1.82) is 0 Å². The number of carbonyl (C=O) groups is 1. The molecule has 0 spiro atoms. The molecule has 1 saturated heterocycles. The van der Waals surface area contributed by atoms with Crippen molar-refractivity contribution in [2.75, 3.05) is 62.8 Å². The highest BCUT2D eigenvalue weighted by Crippen LogP contribution is 2.30. The van der Waals surface area contributed by atoms with Gasteiger partial charge in [0.2, 0.25) is 5.91 Å². The lowest BCUT2D eigenvalue weighted by Gasteiger charge is -2.36. The molecule has 38 heavy (non-hydrogen) atoms. The molecule has 1 fully saturated rings. The van der Waals surface area contributed by atoms with E-state index in [4.69, 9.17) is 25.7 Å². The number of fused-ring (bicyclic) bond motifs is 1. The number of para-hydroxylation sites is 1. The Morgan fingerprint density at radius 3 is 2.63 bits per heavy atom. The zero-order valence-electron chi connectivity index (χ0n) is 21.1. The number of hydrogen-bond donors (Lipinski definition) is 0. The summed E-state index contributed by atoms with van der Waals surface area (Å²) in [6, 6.07) is 15.8. The Bertz CT molecular complexity index is 1390. The maximum absolute atomic E-state index is 14.2. The number of piperazine rings is 1. The topological polar surface area (TPSA) is 74.9 Å². The lowest BCUT2D eigenvalue weighted by atomic mass is 10.2. The molecule has 1 aliphatic heterocycles. The van der Waals surface area contributed by atoms with Crippen molar-refractivity contribution in [2.24, 2.45) is 0 Å². The van der Waals surface area contributed by atoms with E-state index in [1.807, 2.05) is 26.8 Å². The summed E-state index contributed by atoms with van der Waals surface area (Å²) < 4.78 is 25.1. The number of anilines is 2. The number of ether oxygens (including phenoxy) is 1. The third kappa shape index (κ3) is 5.74. The van der Waals surface area contributed by atoms with Gasteiger partial charge in [0, 0.05) is 63.2 Å². The first-order valence-corrected chi connectivity index (χ1v) is 12.9. The minimum Gasteiger partial charge on any atom is -0.461 e. The molecule has 4 aromatic rings. The number of aromatic nitrogens is 2. The maximum Gasteiger partial charge on any atom is 0.224 e. The molecule has 10 heteroatoms. The third-order valence-electron chi connectivity index (χ3n) is 6.67. The fraction of sp³-hybridized carbons (Fsp3) is 0.321. The molecule has 0 saturated carbocycles. The predicted octanol–water partition coefficient (Wildman–Crippen LogP) is 4.87. The highest BCUT2D eigenvalue weighted by Gasteiger charge is 2.24. The summed E-state index contributed by atoms with van der Waals surface area (Å²) >= 11 is 6.27. The monoisotopic (exact) mass is 537 g/mol. The van der Waals surface area contributed by atoms with Crippen LogP contribution in [-0.4, -0.2) is 73.8 Å². The lowest BCUT2D eigenvalue weighted by Crippen LogP contribution is -2.49. The molecule has 0 bridgehead atoms. The van der Waals surface area contributed by atoms with Crippen molar-refractivity contribution in [3.05, 3.63) is 71.7 Å². The smallest absolute Gasteiger partial charge is 0.224 e. The third-order valence-corrected chi connectivity index (χ3v) is 6.90. The predicted molar refractivity (Wildman–Crippen MR) is 146 cm³/mol. The summed E-state index contributed by atoms with van der Waals surface area (Å²) in [5.74, 6) is 1.48. The van der Waals surface area contributed by atoms with Gasteiger partial charge in [0.25, 0.3) is 0 Å². The van der Waals surface area contributed by atoms with Crippen LogP contribution in [0.2, 0.25) is 5.02 Å². The van der Waals surface area contributed by atoms with E-state index in [2.05, 4.69) is 4.98 Å². The summed E-state index contributed by atoms with van der Waals surface area (Å²) in [6.45, 7) is 3.71.